The zero-order valence-electron chi connectivity index (χ0n) is 23.1. The van der Waals surface area contributed by atoms with Gasteiger partial charge in [0.05, 0.1) is 23.8 Å². The maximum absolute atomic E-state index is 11.4. The van der Waals surface area contributed by atoms with Gasteiger partial charge in [0.1, 0.15) is 4.75 Å². The van der Waals surface area contributed by atoms with Gasteiger partial charge in [0.2, 0.25) is 5.95 Å². The fourth-order valence-corrected chi connectivity index (χ4v) is 6.02. The van der Waals surface area contributed by atoms with Crippen LogP contribution < -0.4 is 9.80 Å². The zero-order valence-corrected chi connectivity index (χ0v) is 24.7. The first-order valence-electron chi connectivity index (χ1n) is 13.3. The van der Waals surface area contributed by atoms with Crippen molar-refractivity contribution < 1.29 is 33.0 Å². The van der Waals surface area contributed by atoms with E-state index in [1.165, 1.54) is 61.6 Å². The van der Waals surface area contributed by atoms with Gasteiger partial charge in [0.25, 0.3) is 0 Å². The predicted octanol–water partition coefficient (Wildman–Crippen LogP) is 6.14. The van der Waals surface area contributed by atoms with Gasteiger partial charge in [-0.15, -0.1) is 11.3 Å². The molecule has 2 aromatic heterocycles. The number of aliphatic carboxylic acids is 2. The fraction of sp³-hybridized carbons (Fsp3) is 0.654. The van der Waals surface area contributed by atoms with Crippen molar-refractivity contribution in [3.05, 3.63) is 23.5 Å². The molecule has 0 bridgehead atoms. The molecule has 14 heteroatoms. The minimum absolute atomic E-state index is 0.783. The van der Waals surface area contributed by atoms with E-state index in [1.54, 1.807) is 13.8 Å². The number of hydrogen-bond acceptors (Lipinski definition) is 9. The number of carboxylic acids is 2. The summed E-state index contributed by atoms with van der Waals surface area (Å²) in [5.74, 6) is -2.80. The maximum atomic E-state index is 11.4. The number of halogens is 3. The number of alkyl halides is 3. The lowest BCUT2D eigenvalue weighted by Gasteiger charge is -2.23. The van der Waals surface area contributed by atoms with E-state index in [-0.39, 0.29) is 0 Å². The Hall–Kier alpha value is -2.61. The monoisotopic (exact) mass is 605 g/mol. The first kappa shape index (κ1) is 33.6. The van der Waals surface area contributed by atoms with Crippen LogP contribution in [-0.4, -0.2) is 74.2 Å². The van der Waals surface area contributed by atoms with E-state index in [0.717, 1.165) is 60.7 Å². The maximum Gasteiger partial charge on any atom is 0.490 e. The summed E-state index contributed by atoms with van der Waals surface area (Å²) < 4.78 is 31.7. The van der Waals surface area contributed by atoms with Gasteiger partial charge >= 0.3 is 18.1 Å². The van der Waals surface area contributed by atoms with Gasteiger partial charge in [0.15, 0.2) is 4.34 Å². The molecule has 224 valence electrons. The lowest BCUT2D eigenvalue weighted by Crippen LogP contribution is -2.29. The number of nitrogens with zero attached hydrogens (tertiary/aromatic N) is 5. The molecule has 1 aliphatic heterocycles. The van der Waals surface area contributed by atoms with Crippen molar-refractivity contribution in [1.82, 2.24) is 15.0 Å². The average Bonchev–Trinajstić information content (AvgIpc) is 3.58. The molecule has 3 rings (SSSR count). The Balaban J connectivity index is 0.000000708. The number of anilines is 2. The highest BCUT2D eigenvalue weighted by Crippen LogP contribution is 2.34. The number of thiazole rings is 1. The van der Waals surface area contributed by atoms with E-state index in [1.807, 2.05) is 17.8 Å². The Morgan fingerprint density at radius 2 is 1.62 bits per heavy atom. The zero-order chi connectivity index (χ0) is 29.8. The fourth-order valence-electron chi connectivity index (χ4n) is 3.80. The summed E-state index contributed by atoms with van der Waals surface area (Å²) in [4.78, 5) is 39.0. The first-order valence-corrected chi connectivity index (χ1v) is 15.0. The van der Waals surface area contributed by atoms with E-state index >= 15 is 0 Å². The number of aromatic nitrogens is 3. The van der Waals surface area contributed by atoms with Crippen LogP contribution in [0.4, 0.5) is 24.8 Å². The van der Waals surface area contributed by atoms with Gasteiger partial charge in [-0.2, -0.15) is 13.2 Å². The minimum atomic E-state index is -5.08. The van der Waals surface area contributed by atoms with Crippen LogP contribution in [0, 0.1) is 0 Å². The third kappa shape index (κ3) is 11.5. The molecule has 0 aliphatic carbocycles. The molecule has 1 fully saturated rings. The first-order chi connectivity index (χ1) is 18.8. The smallest absolute Gasteiger partial charge is 0.480 e. The molecule has 3 heterocycles. The Bertz CT molecular complexity index is 1060. The molecule has 0 radical (unpaired) electrons. The largest absolute Gasteiger partial charge is 0.490 e. The number of carbonyl (C=O) groups is 2. The van der Waals surface area contributed by atoms with Crippen molar-refractivity contribution >= 4 is 46.7 Å². The SMILES string of the molecule is CCCCCCCN(CCc1csc(SC(C)(C)C(=O)O)n1)c1ncc(N2CCCC2)cn1.O=C(O)C(F)(F)F. The second-order valence-electron chi connectivity index (χ2n) is 9.91. The average molecular weight is 606 g/mol. The van der Waals surface area contributed by atoms with Crippen LogP contribution in [0.2, 0.25) is 0 Å². The summed E-state index contributed by atoms with van der Waals surface area (Å²) in [6.07, 6.45) is 8.25. The quantitative estimate of drug-likeness (QED) is 0.192. The molecular weight excluding hydrogens is 567 g/mol. The Morgan fingerprint density at radius 3 is 2.17 bits per heavy atom. The molecule has 0 saturated carbocycles. The second kappa shape index (κ2) is 16.0. The van der Waals surface area contributed by atoms with E-state index in [0.29, 0.717) is 0 Å². The molecule has 1 saturated heterocycles. The number of unbranched alkanes of at least 4 members (excludes halogenated alkanes) is 4. The van der Waals surface area contributed by atoms with Crippen LogP contribution in [-0.2, 0) is 16.0 Å². The van der Waals surface area contributed by atoms with Crippen molar-refractivity contribution in [2.75, 3.05) is 36.0 Å². The van der Waals surface area contributed by atoms with Gasteiger partial charge in [-0.3, -0.25) is 4.79 Å². The lowest BCUT2D eigenvalue weighted by atomic mass is 10.1. The Labute approximate surface area is 241 Å². The van der Waals surface area contributed by atoms with Crippen LogP contribution in [0.25, 0.3) is 0 Å². The van der Waals surface area contributed by atoms with Crippen molar-refractivity contribution in [3.8, 4) is 0 Å². The van der Waals surface area contributed by atoms with Crippen LogP contribution in [0.5, 0.6) is 0 Å². The van der Waals surface area contributed by atoms with E-state index in [4.69, 9.17) is 19.9 Å². The molecule has 0 amide bonds. The molecule has 0 unspecified atom stereocenters. The van der Waals surface area contributed by atoms with Gasteiger partial charge < -0.3 is 20.0 Å². The molecule has 2 N–H and O–H groups in total. The van der Waals surface area contributed by atoms with E-state index < -0.39 is 22.9 Å². The summed E-state index contributed by atoms with van der Waals surface area (Å²) >= 11 is 2.82. The van der Waals surface area contributed by atoms with Crippen molar-refractivity contribution in [2.45, 2.75) is 87.4 Å². The Kier molecular flexibility index (Phi) is 13.4. The van der Waals surface area contributed by atoms with Crippen molar-refractivity contribution in [2.24, 2.45) is 0 Å². The Morgan fingerprint density at radius 1 is 1.02 bits per heavy atom. The third-order valence-electron chi connectivity index (χ3n) is 6.18. The second-order valence-corrected chi connectivity index (χ2v) is 12.6. The number of thioether (sulfide) groups is 1. The summed E-state index contributed by atoms with van der Waals surface area (Å²) in [6, 6.07) is 0. The number of hydrogen-bond donors (Lipinski definition) is 2. The lowest BCUT2D eigenvalue weighted by molar-refractivity contribution is -0.192. The molecule has 1 aliphatic rings. The van der Waals surface area contributed by atoms with Crippen LogP contribution in [0.15, 0.2) is 22.1 Å². The molecule has 0 atom stereocenters. The van der Waals surface area contributed by atoms with Gasteiger partial charge in [-0.25, -0.2) is 19.7 Å². The normalized spacial score (nSPS) is 13.6. The third-order valence-corrected chi connectivity index (χ3v) is 8.35. The van der Waals surface area contributed by atoms with Gasteiger partial charge in [-0.05, 0) is 33.1 Å². The van der Waals surface area contributed by atoms with E-state index in [9.17, 15) is 23.1 Å². The predicted molar refractivity (Wildman–Crippen MR) is 152 cm³/mol. The molecular formula is C26H38F3N5O4S2. The highest BCUT2D eigenvalue weighted by molar-refractivity contribution is 8.03. The minimum Gasteiger partial charge on any atom is -0.480 e. The van der Waals surface area contributed by atoms with Crippen LogP contribution in [0.1, 0.15) is 71.4 Å². The van der Waals surface area contributed by atoms with Crippen LogP contribution >= 0.6 is 23.1 Å². The molecule has 40 heavy (non-hydrogen) atoms. The number of carboxylic acid groups (broad SMARTS) is 2. The highest BCUT2D eigenvalue weighted by Gasteiger charge is 2.38. The van der Waals surface area contributed by atoms with Crippen LogP contribution in [0.3, 0.4) is 0 Å². The van der Waals surface area contributed by atoms with Gasteiger partial charge in [-0.1, -0.05) is 44.4 Å². The molecule has 0 aromatic carbocycles. The van der Waals surface area contributed by atoms with Crippen molar-refractivity contribution in [3.63, 3.8) is 0 Å². The van der Waals surface area contributed by atoms with E-state index in [2.05, 4.69) is 21.7 Å². The van der Waals surface area contributed by atoms with Crippen molar-refractivity contribution in [1.29, 1.82) is 0 Å². The number of rotatable bonds is 14. The molecule has 2 aromatic rings. The molecule has 0 spiro atoms. The highest BCUT2D eigenvalue weighted by atomic mass is 32.2. The standard InChI is InChI=1S/C24H37N5O2S2.C2HF3O2/c1-4-5-6-7-8-14-29(22-25-16-20(17-26-22)28-12-9-10-13-28)15-11-19-18-32-23(27-19)33-24(2,3)21(30)31;3-2(4,5)1(6)7/h16-18H,4-15H2,1-3H3,(H,30,31);(H,6,7). The summed E-state index contributed by atoms with van der Waals surface area (Å²) in [6.45, 7) is 9.58. The summed E-state index contributed by atoms with van der Waals surface area (Å²) in [5, 5.41) is 18.5. The topological polar surface area (TPSA) is 120 Å². The summed E-state index contributed by atoms with van der Waals surface area (Å²) in [5.41, 5.74) is 2.11. The van der Waals surface area contributed by atoms with Gasteiger partial charge in [0, 0.05) is 38.0 Å². The summed E-state index contributed by atoms with van der Waals surface area (Å²) in [7, 11) is 0. The molecule has 9 nitrogen and oxygen atoms in total.